The standard InChI is InChI=1S/C27H44O5S/c1-6-7-8-9-10-11-13-17-27(5)18-16-24-23(4)25(21(2)22(3)26(24)32-27)31-19-14-12-15-20-33(28,29)30/h13,17H,6-12,14-16,18-20H2,1-5H3,(H,28,29,30)/b17-13+. The zero-order valence-electron chi connectivity index (χ0n) is 21.3. The Labute approximate surface area is 201 Å². The molecule has 2 rings (SSSR count). The fourth-order valence-corrected chi connectivity index (χ4v) is 5.09. The summed E-state index contributed by atoms with van der Waals surface area (Å²) in [6.07, 6.45) is 16.0. The van der Waals surface area contributed by atoms with Gasteiger partial charge in [0.1, 0.15) is 17.1 Å². The molecule has 0 saturated heterocycles. The molecule has 1 aliphatic heterocycles. The van der Waals surface area contributed by atoms with Crippen LogP contribution in [0.25, 0.3) is 0 Å². The van der Waals surface area contributed by atoms with Gasteiger partial charge in [-0.2, -0.15) is 8.42 Å². The SMILES string of the molecule is CCCCCCC/C=C/C1(C)CCc2c(C)c(OCCCCCS(=O)(=O)O)c(C)c(C)c2O1. The summed E-state index contributed by atoms with van der Waals surface area (Å²) in [6, 6.07) is 0. The molecular weight excluding hydrogens is 436 g/mol. The van der Waals surface area contributed by atoms with Crippen LogP contribution in [0.2, 0.25) is 0 Å². The number of unbranched alkanes of at least 4 members (excludes halogenated alkanes) is 7. The molecule has 6 heteroatoms. The predicted molar refractivity (Wildman–Crippen MR) is 136 cm³/mol. The number of allylic oxidation sites excluding steroid dienone is 1. The van der Waals surface area contributed by atoms with Crippen molar-refractivity contribution in [2.45, 2.75) is 111 Å². The molecule has 188 valence electrons. The Morgan fingerprint density at radius 3 is 2.39 bits per heavy atom. The lowest BCUT2D eigenvalue weighted by Crippen LogP contribution is -2.35. The number of fused-ring (bicyclic) bond motifs is 1. The topological polar surface area (TPSA) is 72.8 Å². The lowest BCUT2D eigenvalue weighted by atomic mass is 9.86. The average molecular weight is 481 g/mol. The number of rotatable bonds is 14. The molecule has 0 fully saturated rings. The van der Waals surface area contributed by atoms with E-state index in [1.54, 1.807) is 0 Å². The first-order valence-corrected chi connectivity index (χ1v) is 14.3. The molecule has 1 N–H and O–H groups in total. The van der Waals surface area contributed by atoms with Crippen molar-refractivity contribution in [3.05, 3.63) is 34.4 Å². The smallest absolute Gasteiger partial charge is 0.264 e. The van der Waals surface area contributed by atoms with Crippen LogP contribution < -0.4 is 9.47 Å². The molecule has 0 bridgehead atoms. The van der Waals surface area contributed by atoms with Crippen LogP contribution in [0, 0.1) is 20.8 Å². The van der Waals surface area contributed by atoms with Crippen molar-refractivity contribution in [1.82, 2.24) is 0 Å². The first-order valence-electron chi connectivity index (χ1n) is 12.7. The fraction of sp³-hybridized carbons (Fsp3) is 0.704. The summed E-state index contributed by atoms with van der Waals surface area (Å²) in [5.74, 6) is 1.74. The Balaban J connectivity index is 1.97. The minimum absolute atomic E-state index is 0.188. The third kappa shape index (κ3) is 8.64. The van der Waals surface area contributed by atoms with Gasteiger partial charge in [-0.25, -0.2) is 0 Å². The Hall–Kier alpha value is -1.53. The van der Waals surface area contributed by atoms with Gasteiger partial charge in [0.2, 0.25) is 0 Å². The summed E-state index contributed by atoms with van der Waals surface area (Å²) >= 11 is 0. The number of benzene rings is 1. The van der Waals surface area contributed by atoms with Gasteiger partial charge in [-0.15, -0.1) is 0 Å². The van der Waals surface area contributed by atoms with Gasteiger partial charge in [-0.05, 0) is 95.4 Å². The summed E-state index contributed by atoms with van der Waals surface area (Å²) in [6.45, 7) is 11.3. The molecule has 1 unspecified atom stereocenters. The quantitative estimate of drug-likeness (QED) is 0.175. The first kappa shape index (κ1) is 27.7. The van der Waals surface area contributed by atoms with E-state index >= 15 is 0 Å². The number of hydrogen-bond donors (Lipinski definition) is 1. The van der Waals surface area contributed by atoms with Gasteiger partial charge >= 0.3 is 0 Å². The number of ether oxygens (including phenoxy) is 2. The second-order valence-electron chi connectivity index (χ2n) is 9.73. The normalized spacial score (nSPS) is 18.4. The molecule has 0 radical (unpaired) electrons. The van der Waals surface area contributed by atoms with E-state index in [2.05, 4.69) is 46.8 Å². The third-order valence-corrected chi connectivity index (χ3v) is 7.56. The molecule has 0 spiro atoms. The summed E-state index contributed by atoms with van der Waals surface area (Å²) in [4.78, 5) is 0. The maximum atomic E-state index is 10.8. The van der Waals surface area contributed by atoms with Crippen LogP contribution in [0.4, 0.5) is 0 Å². The zero-order chi connectivity index (χ0) is 24.5. The molecular formula is C27H44O5S. The van der Waals surface area contributed by atoms with E-state index in [-0.39, 0.29) is 11.4 Å². The summed E-state index contributed by atoms with van der Waals surface area (Å²) < 4.78 is 43.2. The van der Waals surface area contributed by atoms with Crippen molar-refractivity contribution in [3.8, 4) is 11.5 Å². The van der Waals surface area contributed by atoms with E-state index in [0.717, 1.165) is 53.9 Å². The number of hydrogen-bond acceptors (Lipinski definition) is 4. The van der Waals surface area contributed by atoms with E-state index in [1.807, 2.05) is 0 Å². The fourth-order valence-electron chi connectivity index (χ4n) is 4.52. The molecule has 0 amide bonds. The molecule has 0 aromatic heterocycles. The van der Waals surface area contributed by atoms with Gasteiger partial charge in [0.25, 0.3) is 10.1 Å². The van der Waals surface area contributed by atoms with Crippen LogP contribution in [0.5, 0.6) is 11.5 Å². The molecule has 5 nitrogen and oxygen atoms in total. The Kier molecular flexibility index (Phi) is 10.7. The van der Waals surface area contributed by atoms with Crippen LogP contribution >= 0.6 is 0 Å². The highest BCUT2D eigenvalue weighted by Gasteiger charge is 2.32. The third-order valence-electron chi connectivity index (χ3n) is 6.76. The molecule has 0 aliphatic carbocycles. The van der Waals surface area contributed by atoms with Crippen molar-refractivity contribution in [3.63, 3.8) is 0 Å². The van der Waals surface area contributed by atoms with Crippen LogP contribution in [-0.4, -0.2) is 30.9 Å². The minimum atomic E-state index is -3.87. The lowest BCUT2D eigenvalue weighted by molar-refractivity contribution is 0.112. The Bertz CT molecular complexity index is 904. The molecule has 1 aromatic rings. The van der Waals surface area contributed by atoms with Gasteiger partial charge in [-0.1, -0.05) is 38.7 Å². The zero-order valence-corrected chi connectivity index (χ0v) is 22.2. The van der Waals surface area contributed by atoms with Gasteiger partial charge in [0.05, 0.1) is 12.4 Å². The van der Waals surface area contributed by atoms with Gasteiger partial charge in [0, 0.05) is 5.56 Å². The van der Waals surface area contributed by atoms with E-state index in [1.165, 1.54) is 37.7 Å². The van der Waals surface area contributed by atoms with Crippen molar-refractivity contribution in [2.24, 2.45) is 0 Å². The van der Waals surface area contributed by atoms with Gasteiger partial charge in [0.15, 0.2) is 0 Å². The maximum absolute atomic E-state index is 10.8. The van der Waals surface area contributed by atoms with Crippen LogP contribution in [0.1, 0.15) is 100 Å². The van der Waals surface area contributed by atoms with Crippen LogP contribution in [0.15, 0.2) is 12.2 Å². The second-order valence-corrected chi connectivity index (χ2v) is 11.3. The van der Waals surface area contributed by atoms with Gasteiger partial charge in [-0.3, -0.25) is 4.55 Å². The largest absolute Gasteiger partial charge is 0.493 e. The van der Waals surface area contributed by atoms with Gasteiger partial charge < -0.3 is 9.47 Å². The first-order chi connectivity index (χ1) is 15.6. The van der Waals surface area contributed by atoms with E-state index in [9.17, 15) is 8.42 Å². The van der Waals surface area contributed by atoms with Crippen molar-refractivity contribution in [1.29, 1.82) is 0 Å². The highest BCUT2D eigenvalue weighted by atomic mass is 32.2. The lowest BCUT2D eigenvalue weighted by Gasteiger charge is -2.36. The minimum Gasteiger partial charge on any atom is -0.493 e. The molecule has 33 heavy (non-hydrogen) atoms. The van der Waals surface area contributed by atoms with Crippen LogP contribution in [-0.2, 0) is 16.5 Å². The summed E-state index contributed by atoms with van der Waals surface area (Å²) in [7, 11) is -3.87. The summed E-state index contributed by atoms with van der Waals surface area (Å²) in [5.41, 5.74) is 4.36. The highest BCUT2D eigenvalue weighted by molar-refractivity contribution is 7.85. The molecule has 1 aromatic carbocycles. The molecule has 1 heterocycles. The Morgan fingerprint density at radius 2 is 1.70 bits per heavy atom. The van der Waals surface area contributed by atoms with Crippen molar-refractivity contribution >= 4 is 10.1 Å². The van der Waals surface area contributed by atoms with Crippen LogP contribution in [0.3, 0.4) is 0 Å². The Morgan fingerprint density at radius 1 is 1.00 bits per heavy atom. The van der Waals surface area contributed by atoms with E-state index < -0.39 is 10.1 Å². The maximum Gasteiger partial charge on any atom is 0.264 e. The van der Waals surface area contributed by atoms with E-state index in [0.29, 0.717) is 19.4 Å². The van der Waals surface area contributed by atoms with E-state index in [4.69, 9.17) is 14.0 Å². The molecule has 1 aliphatic rings. The van der Waals surface area contributed by atoms with Crippen molar-refractivity contribution < 1.29 is 22.4 Å². The highest BCUT2D eigenvalue weighted by Crippen LogP contribution is 2.44. The average Bonchev–Trinajstić information content (AvgIpc) is 2.75. The summed E-state index contributed by atoms with van der Waals surface area (Å²) in [5, 5.41) is 0. The molecule has 1 atom stereocenters. The molecule has 0 saturated carbocycles. The second kappa shape index (κ2) is 12.8. The monoisotopic (exact) mass is 480 g/mol. The van der Waals surface area contributed by atoms with Crippen molar-refractivity contribution in [2.75, 3.05) is 12.4 Å². The predicted octanol–water partition coefficient (Wildman–Crippen LogP) is 7.05.